The van der Waals surface area contributed by atoms with E-state index in [0.29, 0.717) is 18.5 Å². The largest absolute Gasteiger partial charge is 0.444 e. The third-order valence-electron chi connectivity index (χ3n) is 4.42. The number of hydrogen-bond acceptors (Lipinski definition) is 7. The first-order valence-corrected chi connectivity index (χ1v) is 8.87. The number of hydrogen-bond donors (Lipinski definition) is 1. The van der Waals surface area contributed by atoms with Gasteiger partial charge in [-0.05, 0) is 40.5 Å². The van der Waals surface area contributed by atoms with Gasteiger partial charge in [-0.3, -0.25) is 14.8 Å². The molecule has 152 valence electrons. The van der Waals surface area contributed by atoms with E-state index in [2.05, 4.69) is 10.4 Å². The highest BCUT2D eigenvalue weighted by molar-refractivity contribution is 5.68. The molecule has 0 aliphatic carbocycles. The minimum absolute atomic E-state index is 0.0813. The molecule has 2 rings (SSSR count). The van der Waals surface area contributed by atoms with Crippen LogP contribution in [0.25, 0.3) is 0 Å². The summed E-state index contributed by atoms with van der Waals surface area (Å²) in [6.07, 6.45) is 0.299. The van der Waals surface area contributed by atoms with Gasteiger partial charge in [-0.1, -0.05) is 0 Å². The lowest BCUT2D eigenvalue weighted by Gasteiger charge is -2.29. The van der Waals surface area contributed by atoms with Gasteiger partial charge in [-0.2, -0.15) is 5.10 Å². The van der Waals surface area contributed by atoms with Gasteiger partial charge in [0.15, 0.2) is 0 Å². The van der Waals surface area contributed by atoms with Crippen LogP contribution in [0.2, 0.25) is 0 Å². The molecule has 0 radical (unpaired) electrons. The van der Waals surface area contributed by atoms with Crippen LogP contribution in [0.3, 0.4) is 0 Å². The maximum atomic E-state index is 12.2. The Morgan fingerprint density at radius 3 is 2.67 bits per heavy atom. The molecule has 1 aromatic rings. The van der Waals surface area contributed by atoms with Crippen molar-refractivity contribution in [3.63, 3.8) is 0 Å². The van der Waals surface area contributed by atoms with E-state index in [1.807, 2.05) is 6.92 Å². The number of carbonyl (C=O) groups excluding carboxylic acids is 1. The van der Waals surface area contributed by atoms with Crippen molar-refractivity contribution in [2.45, 2.75) is 70.5 Å². The number of ether oxygens (including phenoxy) is 3. The molecule has 1 N–H and O–H groups in total. The Bertz CT molecular complexity index is 683. The predicted octanol–water partition coefficient (Wildman–Crippen LogP) is 2.48. The summed E-state index contributed by atoms with van der Waals surface area (Å²) in [5.74, 6) is 0. The highest BCUT2D eigenvalue weighted by atomic mass is 16.6. The van der Waals surface area contributed by atoms with Crippen molar-refractivity contribution in [1.82, 2.24) is 15.1 Å². The molecule has 0 aromatic carbocycles. The summed E-state index contributed by atoms with van der Waals surface area (Å²) in [6, 6.07) is -0.350. The molecule has 1 aromatic heterocycles. The number of aryl methyl sites for hydroxylation is 1. The summed E-state index contributed by atoms with van der Waals surface area (Å²) in [5, 5.41) is 18.1. The van der Waals surface area contributed by atoms with Crippen LogP contribution in [0.4, 0.5) is 10.5 Å². The summed E-state index contributed by atoms with van der Waals surface area (Å²) in [7, 11) is 3.19. The second-order valence-electron chi connectivity index (χ2n) is 7.66. The van der Waals surface area contributed by atoms with Crippen molar-refractivity contribution >= 4 is 11.8 Å². The molecule has 1 aliphatic rings. The zero-order chi connectivity index (χ0) is 20.4. The number of rotatable bonds is 4. The lowest BCUT2D eigenvalue weighted by atomic mass is 10.0. The quantitative estimate of drug-likeness (QED) is 0.626. The van der Waals surface area contributed by atoms with Crippen LogP contribution in [0, 0.1) is 10.1 Å². The van der Waals surface area contributed by atoms with Gasteiger partial charge in [0.2, 0.25) is 0 Å². The van der Waals surface area contributed by atoms with Gasteiger partial charge >= 0.3 is 11.8 Å². The van der Waals surface area contributed by atoms with Crippen molar-refractivity contribution in [2.24, 2.45) is 7.05 Å². The van der Waals surface area contributed by atoms with Gasteiger partial charge in [-0.15, -0.1) is 0 Å². The molecule has 1 amide bonds. The minimum Gasteiger partial charge on any atom is -0.444 e. The fourth-order valence-electron chi connectivity index (χ4n) is 3.35. The third kappa shape index (κ3) is 5.16. The second kappa shape index (κ2) is 8.22. The van der Waals surface area contributed by atoms with Gasteiger partial charge in [0, 0.05) is 14.2 Å². The van der Waals surface area contributed by atoms with Gasteiger partial charge < -0.3 is 19.5 Å². The SMILES string of the molecule is CO[C@H]1[C@H](NC(=O)OC(C)(C)C)CC[C@@H](c2c([N+](=O)[O-])cnn2C)O[C@@H]1C. The molecule has 0 saturated carbocycles. The van der Waals surface area contributed by atoms with E-state index in [4.69, 9.17) is 14.2 Å². The topological polar surface area (TPSA) is 118 Å². The van der Waals surface area contributed by atoms with Crippen molar-refractivity contribution in [1.29, 1.82) is 0 Å². The Morgan fingerprint density at radius 1 is 1.44 bits per heavy atom. The minimum atomic E-state index is -0.614. The van der Waals surface area contributed by atoms with Crippen molar-refractivity contribution in [3.05, 3.63) is 22.0 Å². The van der Waals surface area contributed by atoms with Gasteiger partial charge in [0.1, 0.15) is 29.7 Å². The van der Waals surface area contributed by atoms with Crippen LogP contribution in [0.5, 0.6) is 0 Å². The van der Waals surface area contributed by atoms with Gasteiger partial charge in [0.05, 0.1) is 17.1 Å². The molecule has 0 spiro atoms. The Labute approximate surface area is 158 Å². The first kappa shape index (κ1) is 21.1. The van der Waals surface area contributed by atoms with E-state index in [1.165, 1.54) is 10.9 Å². The maximum Gasteiger partial charge on any atom is 0.407 e. The lowest BCUT2D eigenvalue weighted by molar-refractivity contribution is -0.386. The molecule has 1 saturated heterocycles. The fourth-order valence-corrected chi connectivity index (χ4v) is 3.35. The lowest BCUT2D eigenvalue weighted by Crippen LogP contribution is -2.49. The van der Waals surface area contributed by atoms with Gasteiger partial charge in [0.25, 0.3) is 0 Å². The van der Waals surface area contributed by atoms with Crippen LogP contribution < -0.4 is 5.32 Å². The van der Waals surface area contributed by atoms with Crippen molar-refractivity contribution in [3.8, 4) is 0 Å². The summed E-state index contributed by atoms with van der Waals surface area (Å²) in [5.41, 5.74) is -0.293. The molecular weight excluding hydrogens is 356 g/mol. The first-order valence-electron chi connectivity index (χ1n) is 8.87. The van der Waals surface area contributed by atoms with Crippen LogP contribution in [-0.2, 0) is 21.3 Å². The van der Waals surface area contributed by atoms with E-state index in [0.717, 1.165) is 0 Å². The molecule has 10 heteroatoms. The zero-order valence-corrected chi connectivity index (χ0v) is 16.6. The van der Waals surface area contributed by atoms with Crippen molar-refractivity contribution in [2.75, 3.05) is 7.11 Å². The second-order valence-corrected chi connectivity index (χ2v) is 7.66. The number of nitrogens with zero attached hydrogens (tertiary/aromatic N) is 3. The molecule has 0 bridgehead atoms. The number of alkyl carbamates (subject to hydrolysis) is 1. The molecule has 4 atom stereocenters. The summed E-state index contributed by atoms with van der Waals surface area (Å²) in [6.45, 7) is 7.18. The van der Waals surface area contributed by atoms with Crippen LogP contribution in [-0.4, -0.2) is 51.8 Å². The van der Waals surface area contributed by atoms with E-state index >= 15 is 0 Å². The molecular formula is C17H28N4O6. The highest BCUT2D eigenvalue weighted by Crippen LogP contribution is 2.35. The average molecular weight is 384 g/mol. The molecule has 27 heavy (non-hydrogen) atoms. The van der Waals surface area contributed by atoms with E-state index in [1.54, 1.807) is 34.9 Å². The molecule has 2 heterocycles. The Hall–Kier alpha value is -2.20. The monoisotopic (exact) mass is 384 g/mol. The van der Waals surface area contributed by atoms with E-state index in [9.17, 15) is 14.9 Å². The number of aromatic nitrogens is 2. The standard InChI is InChI=1S/C17H28N4O6/c1-10-15(25-6)11(19-16(22)27-17(2,3)4)7-8-13(26-10)14-12(21(23)24)9-18-20(14)5/h9-11,13,15H,7-8H2,1-6H3,(H,19,22)/t10-,11-,13+,15-/m1/s1. The van der Waals surface area contributed by atoms with Crippen LogP contribution in [0.1, 0.15) is 52.3 Å². The number of nitro groups is 1. The maximum absolute atomic E-state index is 12.2. The normalized spacial score (nSPS) is 26.3. The first-order chi connectivity index (χ1) is 12.5. The smallest absolute Gasteiger partial charge is 0.407 e. The third-order valence-corrected chi connectivity index (χ3v) is 4.42. The van der Waals surface area contributed by atoms with E-state index in [-0.39, 0.29) is 11.7 Å². The van der Waals surface area contributed by atoms with Gasteiger partial charge in [-0.25, -0.2) is 4.79 Å². The Morgan fingerprint density at radius 2 is 2.11 bits per heavy atom. The van der Waals surface area contributed by atoms with Crippen LogP contribution in [0.15, 0.2) is 6.20 Å². The molecule has 1 fully saturated rings. The average Bonchev–Trinajstić information content (AvgIpc) is 2.84. The highest BCUT2D eigenvalue weighted by Gasteiger charge is 2.38. The predicted molar refractivity (Wildman–Crippen MR) is 96.3 cm³/mol. The fraction of sp³-hybridized carbons (Fsp3) is 0.765. The Balaban J connectivity index is 2.20. The summed E-state index contributed by atoms with van der Waals surface area (Å²) >= 11 is 0. The van der Waals surface area contributed by atoms with E-state index < -0.39 is 34.9 Å². The molecule has 0 unspecified atom stereocenters. The molecule has 10 nitrogen and oxygen atoms in total. The Kier molecular flexibility index (Phi) is 6.42. The van der Waals surface area contributed by atoms with Crippen molar-refractivity contribution < 1.29 is 23.9 Å². The molecule has 1 aliphatic heterocycles. The summed E-state index contributed by atoms with van der Waals surface area (Å²) in [4.78, 5) is 23.0. The number of amides is 1. The summed E-state index contributed by atoms with van der Waals surface area (Å²) < 4.78 is 18.4. The number of nitrogens with one attached hydrogen (secondary N) is 1. The number of carbonyl (C=O) groups is 1. The van der Waals surface area contributed by atoms with Crippen LogP contribution >= 0.6 is 0 Å². The zero-order valence-electron chi connectivity index (χ0n) is 16.6. The number of methoxy groups -OCH3 is 1.